The Bertz CT molecular complexity index is 535. The molecule has 1 heterocycles. The lowest BCUT2D eigenvalue weighted by Gasteiger charge is -2.19. The molecular formula is C16H19N3. The van der Waals surface area contributed by atoms with Crippen LogP contribution in [0.5, 0.6) is 0 Å². The van der Waals surface area contributed by atoms with Gasteiger partial charge in [0.25, 0.3) is 0 Å². The highest BCUT2D eigenvalue weighted by Gasteiger charge is 2.20. The van der Waals surface area contributed by atoms with Gasteiger partial charge in [0.2, 0.25) is 0 Å². The topological polar surface area (TPSA) is 28.2 Å². The smallest absolute Gasteiger partial charge is 0.133 e. The summed E-state index contributed by atoms with van der Waals surface area (Å²) in [6.07, 6.45) is 2.62. The molecule has 1 N–H and O–H groups in total. The third-order valence-corrected chi connectivity index (χ3v) is 3.43. The second-order valence-electron chi connectivity index (χ2n) is 5.04. The van der Waals surface area contributed by atoms with Crippen molar-refractivity contribution in [3.8, 4) is 0 Å². The Balaban J connectivity index is 1.74. The third kappa shape index (κ3) is 3.12. The first-order chi connectivity index (χ1) is 9.33. The van der Waals surface area contributed by atoms with Gasteiger partial charge in [-0.3, -0.25) is 0 Å². The van der Waals surface area contributed by atoms with Crippen LogP contribution >= 0.6 is 0 Å². The Morgan fingerprint density at radius 3 is 2.63 bits per heavy atom. The van der Waals surface area contributed by atoms with Gasteiger partial charge in [-0.05, 0) is 37.1 Å². The molecule has 0 aliphatic heterocycles. The number of rotatable bonds is 5. The summed E-state index contributed by atoms with van der Waals surface area (Å²) in [7, 11) is 2.05. The molecule has 0 bridgehead atoms. The Morgan fingerprint density at radius 1 is 1.11 bits per heavy atom. The zero-order chi connectivity index (χ0) is 13.1. The van der Waals surface area contributed by atoms with E-state index in [-0.39, 0.29) is 0 Å². The van der Waals surface area contributed by atoms with E-state index in [4.69, 9.17) is 4.98 Å². The molecule has 1 saturated carbocycles. The van der Waals surface area contributed by atoms with Crippen LogP contribution < -0.4 is 10.2 Å². The van der Waals surface area contributed by atoms with Crippen LogP contribution in [0.2, 0.25) is 0 Å². The summed E-state index contributed by atoms with van der Waals surface area (Å²) in [4.78, 5) is 6.82. The largest absolute Gasteiger partial charge is 0.329 e. The fourth-order valence-electron chi connectivity index (χ4n) is 2.07. The second kappa shape index (κ2) is 5.41. The third-order valence-electron chi connectivity index (χ3n) is 3.43. The molecule has 0 saturated heterocycles. The fraction of sp³-hybridized carbons (Fsp3) is 0.312. The maximum atomic E-state index is 4.71. The average Bonchev–Trinajstić information content (AvgIpc) is 3.30. The zero-order valence-corrected chi connectivity index (χ0v) is 11.2. The number of para-hydroxylation sites is 1. The summed E-state index contributed by atoms with van der Waals surface area (Å²) < 4.78 is 0. The molecule has 0 radical (unpaired) electrons. The van der Waals surface area contributed by atoms with Crippen LogP contribution in [0.1, 0.15) is 18.5 Å². The van der Waals surface area contributed by atoms with E-state index in [0.717, 1.165) is 29.8 Å². The van der Waals surface area contributed by atoms with Gasteiger partial charge in [0.15, 0.2) is 0 Å². The van der Waals surface area contributed by atoms with Crippen molar-refractivity contribution in [1.82, 2.24) is 10.3 Å². The van der Waals surface area contributed by atoms with Crippen LogP contribution in [0.3, 0.4) is 0 Å². The monoisotopic (exact) mass is 253 g/mol. The molecule has 1 aliphatic carbocycles. The molecule has 0 atom stereocenters. The van der Waals surface area contributed by atoms with Crippen LogP contribution in [0.15, 0.2) is 48.5 Å². The van der Waals surface area contributed by atoms with Gasteiger partial charge in [-0.1, -0.05) is 24.3 Å². The molecule has 1 aliphatic rings. The van der Waals surface area contributed by atoms with Crippen molar-refractivity contribution in [2.45, 2.75) is 25.4 Å². The van der Waals surface area contributed by atoms with Gasteiger partial charge >= 0.3 is 0 Å². The number of nitrogens with zero attached hydrogens (tertiary/aromatic N) is 2. The molecule has 1 fully saturated rings. The van der Waals surface area contributed by atoms with Gasteiger partial charge in [0, 0.05) is 25.3 Å². The molecule has 3 rings (SSSR count). The molecule has 0 spiro atoms. The maximum Gasteiger partial charge on any atom is 0.133 e. The summed E-state index contributed by atoms with van der Waals surface area (Å²) >= 11 is 0. The maximum absolute atomic E-state index is 4.71. The highest BCUT2D eigenvalue weighted by Crippen LogP contribution is 2.22. The minimum absolute atomic E-state index is 0.720. The summed E-state index contributed by atoms with van der Waals surface area (Å²) in [5.74, 6) is 0.987. The number of aromatic nitrogens is 1. The Labute approximate surface area is 114 Å². The Morgan fingerprint density at radius 2 is 1.89 bits per heavy atom. The lowest BCUT2D eigenvalue weighted by Crippen LogP contribution is -2.17. The van der Waals surface area contributed by atoms with Crippen LogP contribution in [-0.2, 0) is 6.54 Å². The van der Waals surface area contributed by atoms with Crippen molar-refractivity contribution in [2.24, 2.45) is 0 Å². The van der Waals surface area contributed by atoms with E-state index in [1.54, 1.807) is 0 Å². The van der Waals surface area contributed by atoms with Gasteiger partial charge in [0.05, 0.1) is 5.69 Å². The van der Waals surface area contributed by atoms with E-state index in [2.05, 4.69) is 41.5 Å². The second-order valence-corrected chi connectivity index (χ2v) is 5.04. The van der Waals surface area contributed by atoms with E-state index in [1.807, 2.05) is 24.3 Å². The predicted molar refractivity (Wildman–Crippen MR) is 78.6 cm³/mol. The molecule has 2 aromatic rings. The highest BCUT2D eigenvalue weighted by molar-refractivity contribution is 5.58. The van der Waals surface area contributed by atoms with Gasteiger partial charge < -0.3 is 10.2 Å². The van der Waals surface area contributed by atoms with Crippen LogP contribution in [0, 0.1) is 0 Å². The molecule has 3 nitrogen and oxygen atoms in total. The van der Waals surface area contributed by atoms with E-state index in [9.17, 15) is 0 Å². The number of anilines is 2. The van der Waals surface area contributed by atoms with E-state index in [1.165, 1.54) is 12.8 Å². The quantitative estimate of drug-likeness (QED) is 0.887. The first-order valence-corrected chi connectivity index (χ1v) is 6.81. The minimum Gasteiger partial charge on any atom is -0.329 e. The van der Waals surface area contributed by atoms with Gasteiger partial charge in [0.1, 0.15) is 5.82 Å². The number of hydrogen-bond donors (Lipinski definition) is 1. The Kier molecular flexibility index (Phi) is 3.47. The van der Waals surface area contributed by atoms with Crippen LogP contribution in [0.4, 0.5) is 11.5 Å². The van der Waals surface area contributed by atoms with Gasteiger partial charge in [-0.25, -0.2) is 4.98 Å². The average molecular weight is 253 g/mol. The predicted octanol–water partition coefficient (Wildman–Crippen LogP) is 3.10. The number of nitrogens with one attached hydrogen (secondary N) is 1. The Hall–Kier alpha value is -1.87. The van der Waals surface area contributed by atoms with Crippen LogP contribution in [0.25, 0.3) is 0 Å². The normalized spacial score (nSPS) is 14.4. The van der Waals surface area contributed by atoms with Gasteiger partial charge in [-0.2, -0.15) is 0 Å². The lowest BCUT2D eigenvalue weighted by atomic mass is 10.3. The first-order valence-electron chi connectivity index (χ1n) is 6.81. The molecule has 1 aromatic heterocycles. The summed E-state index contributed by atoms with van der Waals surface area (Å²) in [5.41, 5.74) is 2.26. The minimum atomic E-state index is 0.720. The number of benzene rings is 1. The molecule has 3 heteroatoms. The van der Waals surface area contributed by atoms with Crippen molar-refractivity contribution in [3.63, 3.8) is 0 Å². The molecule has 98 valence electrons. The van der Waals surface area contributed by atoms with E-state index >= 15 is 0 Å². The molecular weight excluding hydrogens is 234 g/mol. The van der Waals surface area contributed by atoms with E-state index in [0.29, 0.717) is 0 Å². The highest BCUT2D eigenvalue weighted by atomic mass is 15.2. The number of pyridine rings is 1. The van der Waals surface area contributed by atoms with E-state index < -0.39 is 0 Å². The van der Waals surface area contributed by atoms with Crippen molar-refractivity contribution in [1.29, 1.82) is 0 Å². The molecule has 0 amide bonds. The standard InChI is InChI=1S/C16H19N3/c1-19(15-7-3-2-4-8-15)16-9-5-6-14(18-16)12-17-13-10-11-13/h2-9,13,17H,10-12H2,1H3. The molecule has 1 aromatic carbocycles. The fourth-order valence-corrected chi connectivity index (χ4v) is 2.07. The summed E-state index contributed by atoms with van der Waals surface area (Å²) in [5, 5.41) is 3.50. The summed E-state index contributed by atoms with van der Waals surface area (Å²) in [6.45, 7) is 0.862. The molecule has 0 unspecified atom stereocenters. The first kappa shape index (κ1) is 12.2. The lowest BCUT2D eigenvalue weighted by molar-refractivity contribution is 0.674. The zero-order valence-electron chi connectivity index (χ0n) is 11.2. The molecule has 19 heavy (non-hydrogen) atoms. The van der Waals surface area contributed by atoms with Crippen molar-refractivity contribution in [3.05, 3.63) is 54.2 Å². The van der Waals surface area contributed by atoms with Crippen LogP contribution in [-0.4, -0.2) is 18.1 Å². The van der Waals surface area contributed by atoms with Crippen molar-refractivity contribution < 1.29 is 0 Å². The van der Waals surface area contributed by atoms with Crippen molar-refractivity contribution >= 4 is 11.5 Å². The SMILES string of the molecule is CN(c1ccccc1)c1cccc(CNC2CC2)n1. The summed E-state index contributed by atoms with van der Waals surface area (Å²) in [6, 6.07) is 17.2. The van der Waals surface area contributed by atoms with Gasteiger partial charge in [-0.15, -0.1) is 0 Å². The van der Waals surface area contributed by atoms with Crippen molar-refractivity contribution in [2.75, 3.05) is 11.9 Å². The number of hydrogen-bond acceptors (Lipinski definition) is 3.